The van der Waals surface area contributed by atoms with Crippen LogP contribution in [-0.2, 0) is 17.5 Å². The van der Waals surface area contributed by atoms with E-state index in [2.05, 4.69) is 15.4 Å². The first-order chi connectivity index (χ1) is 13.1. The van der Waals surface area contributed by atoms with Gasteiger partial charge in [-0.15, -0.1) is 0 Å². The number of anilines is 2. The number of nitrogens with zero attached hydrogens (tertiary/aromatic N) is 1. The maximum Gasteiger partial charge on any atom is 0.419 e. The van der Waals surface area contributed by atoms with Crippen molar-refractivity contribution in [3.8, 4) is 0 Å². The van der Waals surface area contributed by atoms with E-state index in [0.717, 1.165) is 12.1 Å². The molecule has 0 atom stereocenters. The predicted molar refractivity (Wildman–Crippen MR) is 92.5 cm³/mol. The van der Waals surface area contributed by atoms with Crippen molar-refractivity contribution in [1.29, 1.82) is 0 Å². The van der Waals surface area contributed by atoms with E-state index in [-0.39, 0.29) is 24.5 Å². The summed E-state index contributed by atoms with van der Waals surface area (Å²) in [5.74, 6) is -1.40. The average Bonchev–Trinajstić information content (AvgIpc) is 2.61. The van der Waals surface area contributed by atoms with Gasteiger partial charge in [0, 0.05) is 18.3 Å². The second kappa shape index (κ2) is 8.55. The largest absolute Gasteiger partial charge is 0.450 e. The average molecular weight is 401 g/mol. The van der Waals surface area contributed by atoms with Gasteiger partial charge in [0.25, 0.3) is 5.69 Å². The Hall–Kier alpha value is -3.37. The molecule has 150 valence electrons. The monoisotopic (exact) mass is 401 g/mol. The van der Waals surface area contributed by atoms with Gasteiger partial charge in [-0.3, -0.25) is 15.4 Å². The third kappa shape index (κ3) is 5.32. The SMILES string of the molecule is CCOC(=O)Nc1ccc(CNc2ccc(F)c(C(F)(F)F)c2)cc1[N+](=O)[O-]. The number of carbonyl (C=O) groups is 1. The number of ether oxygens (including phenoxy) is 1. The Morgan fingerprint density at radius 1 is 1.21 bits per heavy atom. The first-order valence-electron chi connectivity index (χ1n) is 7.93. The quantitative estimate of drug-likeness (QED) is 0.407. The van der Waals surface area contributed by atoms with Crippen molar-refractivity contribution in [2.24, 2.45) is 0 Å². The molecule has 11 heteroatoms. The van der Waals surface area contributed by atoms with Gasteiger partial charge in [0.05, 0.1) is 17.1 Å². The van der Waals surface area contributed by atoms with Crippen LogP contribution >= 0.6 is 0 Å². The minimum Gasteiger partial charge on any atom is -0.450 e. The molecule has 0 saturated heterocycles. The van der Waals surface area contributed by atoms with Crippen LogP contribution in [-0.4, -0.2) is 17.6 Å². The summed E-state index contributed by atoms with van der Waals surface area (Å²) in [7, 11) is 0. The fourth-order valence-electron chi connectivity index (χ4n) is 2.28. The van der Waals surface area contributed by atoms with Gasteiger partial charge in [-0.25, -0.2) is 9.18 Å². The number of hydrogen-bond donors (Lipinski definition) is 2. The summed E-state index contributed by atoms with van der Waals surface area (Å²) >= 11 is 0. The zero-order valence-corrected chi connectivity index (χ0v) is 14.5. The third-order valence-corrected chi connectivity index (χ3v) is 3.54. The van der Waals surface area contributed by atoms with Gasteiger partial charge >= 0.3 is 12.3 Å². The molecule has 0 aromatic heterocycles. The van der Waals surface area contributed by atoms with Crippen molar-refractivity contribution in [3.05, 3.63) is 63.5 Å². The molecule has 2 aromatic carbocycles. The highest BCUT2D eigenvalue weighted by atomic mass is 19.4. The lowest BCUT2D eigenvalue weighted by Crippen LogP contribution is -2.14. The molecule has 0 unspecified atom stereocenters. The highest BCUT2D eigenvalue weighted by molar-refractivity contribution is 5.87. The molecule has 0 aliphatic rings. The number of nitro groups is 1. The van der Waals surface area contributed by atoms with Crippen molar-refractivity contribution in [2.45, 2.75) is 19.6 Å². The van der Waals surface area contributed by atoms with E-state index in [4.69, 9.17) is 0 Å². The normalized spacial score (nSPS) is 11.0. The smallest absolute Gasteiger partial charge is 0.419 e. The predicted octanol–water partition coefficient (Wildman–Crippen LogP) is 4.93. The van der Waals surface area contributed by atoms with Crippen LogP contribution in [0.1, 0.15) is 18.1 Å². The number of nitrogens with one attached hydrogen (secondary N) is 2. The van der Waals surface area contributed by atoms with Crippen LogP contribution in [0.25, 0.3) is 0 Å². The van der Waals surface area contributed by atoms with Gasteiger partial charge in [0.2, 0.25) is 0 Å². The van der Waals surface area contributed by atoms with Gasteiger partial charge in [0.15, 0.2) is 0 Å². The number of amides is 1. The Kier molecular flexibility index (Phi) is 6.39. The standard InChI is InChI=1S/C17H15F4N3O4/c1-2-28-16(25)23-14-6-3-10(7-15(14)24(26)27)9-22-11-4-5-13(18)12(8-11)17(19,20)21/h3-8,22H,2,9H2,1H3,(H,23,25). The Labute approximate surface area is 156 Å². The molecule has 0 radical (unpaired) electrons. The second-order valence-corrected chi connectivity index (χ2v) is 5.50. The maximum atomic E-state index is 13.3. The summed E-state index contributed by atoms with van der Waals surface area (Å²) in [5.41, 5.74) is -1.57. The lowest BCUT2D eigenvalue weighted by atomic mass is 10.1. The molecule has 0 spiro atoms. The molecule has 0 aliphatic carbocycles. The van der Waals surface area contributed by atoms with Gasteiger partial charge in [-0.1, -0.05) is 6.07 Å². The molecule has 0 bridgehead atoms. The molecule has 2 aromatic rings. The van der Waals surface area contributed by atoms with Crippen LogP contribution < -0.4 is 10.6 Å². The van der Waals surface area contributed by atoms with E-state index in [1.165, 1.54) is 12.1 Å². The highest BCUT2D eigenvalue weighted by Crippen LogP contribution is 2.33. The van der Waals surface area contributed by atoms with E-state index in [0.29, 0.717) is 17.7 Å². The zero-order chi connectivity index (χ0) is 20.9. The third-order valence-electron chi connectivity index (χ3n) is 3.54. The topological polar surface area (TPSA) is 93.5 Å². The molecule has 2 N–H and O–H groups in total. The van der Waals surface area contributed by atoms with E-state index < -0.39 is 34.3 Å². The Balaban J connectivity index is 2.18. The molecular formula is C17H15F4N3O4. The van der Waals surface area contributed by atoms with Gasteiger partial charge in [-0.2, -0.15) is 13.2 Å². The number of carbonyl (C=O) groups excluding carboxylic acids is 1. The molecule has 7 nitrogen and oxygen atoms in total. The van der Waals surface area contributed by atoms with Gasteiger partial charge in [0.1, 0.15) is 11.5 Å². The molecule has 0 aliphatic heterocycles. The van der Waals surface area contributed by atoms with Crippen LogP contribution in [0, 0.1) is 15.9 Å². The highest BCUT2D eigenvalue weighted by Gasteiger charge is 2.34. The summed E-state index contributed by atoms with van der Waals surface area (Å²) in [5, 5.41) is 16.1. The molecule has 1 amide bonds. The first-order valence-corrected chi connectivity index (χ1v) is 7.93. The van der Waals surface area contributed by atoms with E-state index >= 15 is 0 Å². The number of benzene rings is 2. The molecule has 0 heterocycles. The van der Waals surface area contributed by atoms with Crippen molar-refractivity contribution in [2.75, 3.05) is 17.2 Å². The van der Waals surface area contributed by atoms with Crippen molar-refractivity contribution < 1.29 is 32.0 Å². The van der Waals surface area contributed by atoms with E-state index in [9.17, 15) is 32.5 Å². The molecule has 2 rings (SSSR count). The van der Waals surface area contributed by atoms with Crippen LogP contribution in [0.15, 0.2) is 36.4 Å². The maximum absolute atomic E-state index is 13.3. The first kappa shape index (κ1) is 20.9. The lowest BCUT2D eigenvalue weighted by Gasteiger charge is -2.12. The van der Waals surface area contributed by atoms with Gasteiger partial charge < -0.3 is 10.1 Å². The van der Waals surface area contributed by atoms with Gasteiger partial charge in [-0.05, 0) is 36.8 Å². The Morgan fingerprint density at radius 3 is 2.54 bits per heavy atom. The Morgan fingerprint density at radius 2 is 1.93 bits per heavy atom. The van der Waals surface area contributed by atoms with Crippen LogP contribution in [0.5, 0.6) is 0 Å². The van der Waals surface area contributed by atoms with Crippen molar-refractivity contribution in [1.82, 2.24) is 0 Å². The molecular weight excluding hydrogens is 386 g/mol. The van der Waals surface area contributed by atoms with E-state index in [1.54, 1.807) is 6.92 Å². The molecule has 28 heavy (non-hydrogen) atoms. The Bertz CT molecular complexity index is 887. The summed E-state index contributed by atoms with van der Waals surface area (Å²) in [6.07, 6.45) is -5.71. The second-order valence-electron chi connectivity index (χ2n) is 5.50. The van der Waals surface area contributed by atoms with Crippen molar-refractivity contribution in [3.63, 3.8) is 0 Å². The van der Waals surface area contributed by atoms with E-state index in [1.807, 2.05) is 0 Å². The number of hydrogen-bond acceptors (Lipinski definition) is 5. The van der Waals surface area contributed by atoms with Crippen LogP contribution in [0.2, 0.25) is 0 Å². The summed E-state index contributed by atoms with van der Waals surface area (Å²) in [6.45, 7) is 1.59. The molecule has 0 fully saturated rings. The summed E-state index contributed by atoms with van der Waals surface area (Å²) in [6, 6.07) is 6.28. The number of nitro benzene ring substituents is 1. The molecule has 0 saturated carbocycles. The fraction of sp³-hybridized carbons (Fsp3) is 0.235. The number of halogens is 4. The van der Waals surface area contributed by atoms with Crippen molar-refractivity contribution >= 4 is 23.2 Å². The minimum absolute atomic E-state index is 0.00916. The minimum atomic E-state index is -4.85. The number of alkyl halides is 3. The van der Waals surface area contributed by atoms with Crippen LogP contribution in [0.3, 0.4) is 0 Å². The lowest BCUT2D eigenvalue weighted by molar-refractivity contribution is -0.384. The fourth-order valence-corrected chi connectivity index (χ4v) is 2.28. The van der Waals surface area contributed by atoms with Crippen LogP contribution in [0.4, 0.5) is 39.4 Å². The number of rotatable bonds is 6. The summed E-state index contributed by atoms with van der Waals surface area (Å²) < 4.78 is 56.2. The summed E-state index contributed by atoms with van der Waals surface area (Å²) in [4.78, 5) is 21.9. The zero-order valence-electron chi connectivity index (χ0n) is 14.5.